The number of piperazine rings is 1. The molecule has 0 atom stereocenters. The number of carbonyl (C=O) groups is 1. The number of nitro benzene ring substituents is 1. The summed E-state index contributed by atoms with van der Waals surface area (Å²) in [6, 6.07) is 11.8. The van der Waals surface area contributed by atoms with E-state index in [1.807, 2.05) is 24.3 Å². The zero-order chi connectivity index (χ0) is 20.8. The molecule has 8 nitrogen and oxygen atoms in total. The molecule has 0 spiro atoms. The van der Waals surface area contributed by atoms with E-state index in [4.69, 9.17) is 21.1 Å². The molecule has 1 aliphatic rings. The molecule has 1 fully saturated rings. The molecule has 0 saturated carbocycles. The fourth-order valence-corrected chi connectivity index (χ4v) is 3.38. The van der Waals surface area contributed by atoms with Crippen LogP contribution in [0, 0.1) is 10.1 Å². The summed E-state index contributed by atoms with van der Waals surface area (Å²) in [6.45, 7) is 3.26. The number of benzene rings is 2. The standard InChI is InChI=1S/C20H22ClN3O5/c1-28-18-6-5-17(24(26)27)12-19(18)29-14-20(25)23-9-7-22(8-10-23)13-15-3-2-4-16(21)11-15/h2-6,11-12H,7-10,13-14H2,1H3. The van der Waals surface area contributed by atoms with Crippen molar-refractivity contribution in [1.29, 1.82) is 0 Å². The van der Waals surface area contributed by atoms with Crippen molar-refractivity contribution in [1.82, 2.24) is 9.80 Å². The van der Waals surface area contributed by atoms with Gasteiger partial charge in [0, 0.05) is 43.8 Å². The smallest absolute Gasteiger partial charge is 0.273 e. The summed E-state index contributed by atoms with van der Waals surface area (Å²) in [5.74, 6) is 0.352. The van der Waals surface area contributed by atoms with Crippen molar-refractivity contribution in [2.75, 3.05) is 39.9 Å². The van der Waals surface area contributed by atoms with E-state index in [1.165, 1.54) is 25.3 Å². The quantitative estimate of drug-likeness (QED) is 0.506. The van der Waals surface area contributed by atoms with Crippen LogP contribution in [-0.2, 0) is 11.3 Å². The molecule has 0 bridgehead atoms. The second-order valence-corrected chi connectivity index (χ2v) is 7.10. The summed E-state index contributed by atoms with van der Waals surface area (Å²) < 4.78 is 10.7. The van der Waals surface area contributed by atoms with E-state index in [9.17, 15) is 14.9 Å². The zero-order valence-corrected chi connectivity index (χ0v) is 16.8. The van der Waals surface area contributed by atoms with Crippen molar-refractivity contribution in [3.05, 3.63) is 63.2 Å². The van der Waals surface area contributed by atoms with Gasteiger partial charge in [0.05, 0.1) is 18.1 Å². The Morgan fingerprint density at radius 2 is 1.90 bits per heavy atom. The van der Waals surface area contributed by atoms with Crippen LogP contribution in [0.3, 0.4) is 0 Å². The molecule has 9 heteroatoms. The van der Waals surface area contributed by atoms with Gasteiger partial charge in [-0.2, -0.15) is 0 Å². The molecule has 1 aliphatic heterocycles. The fourth-order valence-electron chi connectivity index (χ4n) is 3.17. The molecule has 1 saturated heterocycles. The highest BCUT2D eigenvalue weighted by atomic mass is 35.5. The predicted octanol–water partition coefficient (Wildman–Crippen LogP) is 2.98. The van der Waals surface area contributed by atoms with Gasteiger partial charge in [0.2, 0.25) is 0 Å². The molecule has 3 rings (SSSR count). The number of ether oxygens (including phenoxy) is 2. The van der Waals surface area contributed by atoms with Gasteiger partial charge in [-0.25, -0.2) is 0 Å². The van der Waals surface area contributed by atoms with E-state index in [0.717, 1.165) is 25.2 Å². The van der Waals surface area contributed by atoms with E-state index in [0.29, 0.717) is 23.9 Å². The van der Waals surface area contributed by atoms with Crippen LogP contribution in [0.15, 0.2) is 42.5 Å². The van der Waals surface area contributed by atoms with Crippen molar-refractivity contribution in [3.63, 3.8) is 0 Å². The number of hydrogen-bond acceptors (Lipinski definition) is 6. The van der Waals surface area contributed by atoms with Crippen LogP contribution in [0.2, 0.25) is 5.02 Å². The number of non-ortho nitro benzene ring substituents is 1. The fraction of sp³-hybridized carbons (Fsp3) is 0.350. The molecule has 29 heavy (non-hydrogen) atoms. The zero-order valence-electron chi connectivity index (χ0n) is 16.0. The lowest BCUT2D eigenvalue weighted by Gasteiger charge is -2.34. The molecule has 1 amide bonds. The minimum Gasteiger partial charge on any atom is -0.493 e. The van der Waals surface area contributed by atoms with Gasteiger partial charge in [-0.3, -0.25) is 19.8 Å². The van der Waals surface area contributed by atoms with Crippen LogP contribution in [0.1, 0.15) is 5.56 Å². The Kier molecular flexibility index (Phi) is 6.90. The Hall–Kier alpha value is -2.84. The Bertz CT molecular complexity index is 884. The van der Waals surface area contributed by atoms with Crippen LogP contribution in [0.4, 0.5) is 5.69 Å². The molecule has 0 unspecified atom stereocenters. The number of amides is 1. The Labute approximate surface area is 173 Å². The normalized spacial score (nSPS) is 14.5. The lowest BCUT2D eigenvalue weighted by atomic mass is 10.2. The van der Waals surface area contributed by atoms with E-state index in [1.54, 1.807) is 4.90 Å². The number of nitro groups is 1. The van der Waals surface area contributed by atoms with Crippen LogP contribution < -0.4 is 9.47 Å². The van der Waals surface area contributed by atoms with Gasteiger partial charge in [-0.15, -0.1) is 0 Å². The van der Waals surface area contributed by atoms with Crippen molar-refractivity contribution >= 4 is 23.2 Å². The van der Waals surface area contributed by atoms with Crippen LogP contribution in [0.5, 0.6) is 11.5 Å². The Morgan fingerprint density at radius 1 is 1.14 bits per heavy atom. The summed E-state index contributed by atoms with van der Waals surface area (Å²) in [5.41, 5.74) is 1.02. The highest BCUT2D eigenvalue weighted by molar-refractivity contribution is 6.30. The molecule has 154 valence electrons. The van der Waals surface area contributed by atoms with E-state index in [2.05, 4.69) is 4.90 Å². The van der Waals surface area contributed by atoms with Crippen LogP contribution in [-0.4, -0.2) is 60.5 Å². The molecule has 2 aromatic carbocycles. The van der Waals surface area contributed by atoms with Crippen molar-refractivity contribution in [2.24, 2.45) is 0 Å². The maximum atomic E-state index is 12.5. The van der Waals surface area contributed by atoms with Crippen molar-refractivity contribution in [3.8, 4) is 11.5 Å². The first-order chi connectivity index (χ1) is 14.0. The maximum absolute atomic E-state index is 12.5. The number of nitrogens with zero attached hydrogens (tertiary/aromatic N) is 3. The largest absolute Gasteiger partial charge is 0.493 e. The molecule has 0 aromatic heterocycles. The lowest BCUT2D eigenvalue weighted by Crippen LogP contribution is -2.49. The highest BCUT2D eigenvalue weighted by Gasteiger charge is 2.22. The third-order valence-electron chi connectivity index (χ3n) is 4.73. The minimum absolute atomic E-state index is 0.122. The second kappa shape index (κ2) is 9.58. The van der Waals surface area contributed by atoms with Gasteiger partial charge in [0.1, 0.15) is 0 Å². The Balaban J connectivity index is 1.51. The van der Waals surface area contributed by atoms with Gasteiger partial charge in [-0.05, 0) is 23.8 Å². The van der Waals surface area contributed by atoms with Gasteiger partial charge in [-0.1, -0.05) is 23.7 Å². The summed E-state index contributed by atoms with van der Waals surface area (Å²) in [4.78, 5) is 26.9. The number of methoxy groups -OCH3 is 1. The maximum Gasteiger partial charge on any atom is 0.273 e. The highest BCUT2D eigenvalue weighted by Crippen LogP contribution is 2.31. The van der Waals surface area contributed by atoms with E-state index in [-0.39, 0.29) is 24.0 Å². The lowest BCUT2D eigenvalue weighted by molar-refractivity contribution is -0.385. The first-order valence-electron chi connectivity index (χ1n) is 9.16. The van der Waals surface area contributed by atoms with Gasteiger partial charge < -0.3 is 14.4 Å². The first-order valence-corrected chi connectivity index (χ1v) is 9.54. The first kappa shape index (κ1) is 20.9. The van der Waals surface area contributed by atoms with Gasteiger partial charge in [0.15, 0.2) is 18.1 Å². The predicted molar refractivity (Wildman–Crippen MR) is 108 cm³/mol. The SMILES string of the molecule is COc1ccc([N+](=O)[O-])cc1OCC(=O)N1CCN(Cc2cccc(Cl)c2)CC1. The van der Waals surface area contributed by atoms with E-state index < -0.39 is 4.92 Å². The summed E-state index contributed by atoms with van der Waals surface area (Å²) in [6.07, 6.45) is 0. The summed E-state index contributed by atoms with van der Waals surface area (Å²) in [7, 11) is 1.44. The number of hydrogen-bond donors (Lipinski definition) is 0. The summed E-state index contributed by atoms with van der Waals surface area (Å²) in [5, 5.41) is 11.7. The topological polar surface area (TPSA) is 85.2 Å². The Morgan fingerprint density at radius 3 is 2.55 bits per heavy atom. The molecule has 0 aliphatic carbocycles. The minimum atomic E-state index is -0.521. The van der Waals surface area contributed by atoms with Gasteiger partial charge >= 0.3 is 0 Å². The summed E-state index contributed by atoms with van der Waals surface area (Å²) >= 11 is 6.03. The number of carbonyl (C=O) groups excluding carboxylic acids is 1. The van der Waals surface area contributed by atoms with Crippen LogP contribution in [0.25, 0.3) is 0 Å². The number of rotatable bonds is 7. The second-order valence-electron chi connectivity index (χ2n) is 6.67. The van der Waals surface area contributed by atoms with E-state index >= 15 is 0 Å². The third kappa shape index (κ3) is 5.58. The molecular weight excluding hydrogens is 398 g/mol. The molecule has 2 aromatic rings. The van der Waals surface area contributed by atoms with Gasteiger partial charge in [0.25, 0.3) is 11.6 Å². The average molecular weight is 420 g/mol. The molecule has 0 radical (unpaired) electrons. The molecule has 0 N–H and O–H groups in total. The molecule has 1 heterocycles. The monoisotopic (exact) mass is 419 g/mol. The molecular formula is C20H22ClN3O5. The third-order valence-corrected chi connectivity index (χ3v) is 4.96. The average Bonchev–Trinajstić information content (AvgIpc) is 2.72. The van der Waals surface area contributed by atoms with Crippen LogP contribution >= 0.6 is 11.6 Å². The number of halogens is 1. The van der Waals surface area contributed by atoms with Crippen molar-refractivity contribution in [2.45, 2.75) is 6.54 Å². The van der Waals surface area contributed by atoms with Crippen molar-refractivity contribution < 1.29 is 19.2 Å².